The minimum Gasteiger partial charge on any atom is -0.381 e. The molecule has 28 heavy (non-hydrogen) atoms. The molecule has 1 atom stereocenters. The molecule has 2 aliphatic rings. The van der Waals surface area contributed by atoms with Gasteiger partial charge in [0, 0.05) is 50.1 Å². The van der Waals surface area contributed by atoms with E-state index in [-0.39, 0.29) is 11.8 Å². The highest BCUT2D eigenvalue weighted by atomic mass is 16.5. The Kier molecular flexibility index (Phi) is 4.20. The van der Waals surface area contributed by atoms with Crippen LogP contribution in [0.15, 0.2) is 36.7 Å². The number of fused-ring (bicyclic) bond motifs is 1. The molecule has 1 saturated heterocycles. The van der Waals surface area contributed by atoms with Gasteiger partial charge in [-0.1, -0.05) is 18.2 Å². The molecule has 2 aromatic heterocycles. The number of benzene rings is 1. The van der Waals surface area contributed by atoms with Gasteiger partial charge in [0.15, 0.2) is 5.82 Å². The van der Waals surface area contributed by atoms with Gasteiger partial charge in [-0.25, -0.2) is 0 Å². The smallest absolute Gasteiger partial charge is 0.228 e. The van der Waals surface area contributed by atoms with Gasteiger partial charge in [-0.15, -0.1) is 10.2 Å². The van der Waals surface area contributed by atoms with Crippen LogP contribution >= 0.6 is 0 Å². The van der Waals surface area contributed by atoms with Crippen molar-refractivity contribution in [3.05, 3.63) is 47.9 Å². The number of para-hydroxylation sites is 1. The maximum Gasteiger partial charge on any atom is 0.228 e. The number of carbonyl (C=O) groups excluding carboxylic acids is 1. The standard InChI is InChI=1S/C20H22N6O2/c1-24-17-7-9-25(20(27)14-8-10-28-12-14)11-16(17)18(23-24)19-22-21-13-26(19)15-5-3-2-4-6-15/h2-6,13-14H,7-12H2,1H3. The Hall–Kier alpha value is -3.00. The average Bonchev–Trinajstić information content (AvgIpc) is 3.48. The van der Waals surface area contributed by atoms with Crippen molar-refractivity contribution in [1.29, 1.82) is 0 Å². The first-order valence-corrected chi connectivity index (χ1v) is 9.59. The van der Waals surface area contributed by atoms with E-state index >= 15 is 0 Å². The van der Waals surface area contributed by atoms with Gasteiger partial charge in [-0.05, 0) is 18.6 Å². The monoisotopic (exact) mass is 378 g/mol. The predicted molar refractivity (Wildman–Crippen MR) is 102 cm³/mol. The molecule has 0 aliphatic carbocycles. The second-order valence-electron chi connectivity index (χ2n) is 7.33. The fourth-order valence-corrected chi connectivity index (χ4v) is 4.12. The van der Waals surface area contributed by atoms with E-state index in [1.165, 1.54) is 0 Å². The lowest BCUT2D eigenvalue weighted by Gasteiger charge is -2.29. The normalized spacial score (nSPS) is 19.0. The Morgan fingerprint density at radius 1 is 1.25 bits per heavy atom. The molecular weight excluding hydrogens is 356 g/mol. The first kappa shape index (κ1) is 17.1. The molecule has 144 valence electrons. The predicted octanol–water partition coefficient (Wildman–Crippen LogP) is 1.59. The van der Waals surface area contributed by atoms with Gasteiger partial charge in [0.2, 0.25) is 5.91 Å². The number of ether oxygens (including phenoxy) is 1. The molecule has 0 bridgehead atoms. The van der Waals surface area contributed by atoms with Crippen LogP contribution in [0.4, 0.5) is 0 Å². The first-order chi connectivity index (χ1) is 13.7. The lowest BCUT2D eigenvalue weighted by molar-refractivity contribution is -0.136. The molecule has 4 heterocycles. The van der Waals surface area contributed by atoms with Crippen LogP contribution in [0.1, 0.15) is 17.7 Å². The largest absolute Gasteiger partial charge is 0.381 e. The topological polar surface area (TPSA) is 78.1 Å². The van der Waals surface area contributed by atoms with Crippen LogP contribution < -0.4 is 0 Å². The number of hydrogen-bond acceptors (Lipinski definition) is 5. The maximum atomic E-state index is 12.9. The Balaban J connectivity index is 1.51. The van der Waals surface area contributed by atoms with Crippen LogP contribution in [0, 0.1) is 5.92 Å². The third-order valence-corrected chi connectivity index (χ3v) is 5.63. The molecule has 1 aromatic carbocycles. The SMILES string of the molecule is Cn1nc(-c2nncn2-c2ccccc2)c2c1CCN(C(=O)C1CCOC1)C2. The fourth-order valence-electron chi connectivity index (χ4n) is 4.12. The van der Waals surface area contributed by atoms with Crippen LogP contribution in [0.3, 0.4) is 0 Å². The van der Waals surface area contributed by atoms with E-state index in [1.54, 1.807) is 6.33 Å². The van der Waals surface area contributed by atoms with Gasteiger partial charge in [0.25, 0.3) is 0 Å². The van der Waals surface area contributed by atoms with Crippen molar-refractivity contribution in [3.63, 3.8) is 0 Å². The fraction of sp³-hybridized carbons (Fsp3) is 0.400. The Morgan fingerprint density at radius 2 is 2.11 bits per heavy atom. The number of carbonyl (C=O) groups is 1. The van der Waals surface area contributed by atoms with Crippen LogP contribution in [0.5, 0.6) is 0 Å². The summed E-state index contributed by atoms with van der Waals surface area (Å²) in [6.45, 7) is 2.47. The van der Waals surface area contributed by atoms with Gasteiger partial charge in [0.1, 0.15) is 12.0 Å². The zero-order valence-electron chi connectivity index (χ0n) is 15.8. The molecule has 5 rings (SSSR count). The summed E-state index contributed by atoms with van der Waals surface area (Å²) in [6.07, 6.45) is 3.30. The van der Waals surface area contributed by atoms with Gasteiger partial charge < -0.3 is 9.64 Å². The number of hydrogen-bond donors (Lipinski definition) is 0. The van der Waals surface area contributed by atoms with Crippen molar-refractivity contribution in [2.45, 2.75) is 19.4 Å². The molecule has 8 heteroatoms. The van der Waals surface area contributed by atoms with Crippen LogP contribution in [-0.2, 0) is 29.5 Å². The van der Waals surface area contributed by atoms with Gasteiger partial charge in [0.05, 0.1) is 12.5 Å². The molecule has 1 amide bonds. The molecule has 0 radical (unpaired) electrons. The van der Waals surface area contributed by atoms with Crippen molar-refractivity contribution in [1.82, 2.24) is 29.4 Å². The van der Waals surface area contributed by atoms with E-state index in [0.29, 0.717) is 32.1 Å². The second-order valence-corrected chi connectivity index (χ2v) is 7.33. The number of rotatable bonds is 3. The summed E-state index contributed by atoms with van der Waals surface area (Å²) in [5, 5.41) is 13.2. The molecule has 0 saturated carbocycles. The highest BCUT2D eigenvalue weighted by Crippen LogP contribution is 2.31. The minimum absolute atomic E-state index is 0.0188. The Morgan fingerprint density at radius 3 is 2.89 bits per heavy atom. The van der Waals surface area contributed by atoms with E-state index in [1.807, 2.05) is 51.5 Å². The van der Waals surface area contributed by atoms with Crippen molar-refractivity contribution in [2.24, 2.45) is 13.0 Å². The molecule has 0 N–H and O–H groups in total. The molecule has 1 fully saturated rings. The highest BCUT2D eigenvalue weighted by molar-refractivity contribution is 5.80. The number of aryl methyl sites for hydroxylation is 1. The summed E-state index contributed by atoms with van der Waals surface area (Å²) in [7, 11) is 1.95. The third kappa shape index (κ3) is 2.80. The number of amides is 1. The van der Waals surface area contributed by atoms with Crippen molar-refractivity contribution in [3.8, 4) is 17.2 Å². The van der Waals surface area contributed by atoms with Crippen LogP contribution in [0.2, 0.25) is 0 Å². The lowest BCUT2D eigenvalue weighted by Crippen LogP contribution is -2.40. The van der Waals surface area contributed by atoms with Crippen LogP contribution in [-0.4, -0.2) is 55.1 Å². The van der Waals surface area contributed by atoms with Crippen molar-refractivity contribution in [2.75, 3.05) is 19.8 Å². The van der Waals surface area contributed by atoms with E-state index in [9.17, 15) is 4.79 Å². The van der Waals surface area contributed by atoms with Gasteiger partial charge in [-0.2, -0.15) is 5.10 Å². The van der Waals surface area contributed by atoms with Crippen LogP contribution in [0.25, 0.3) is 17.2 Å². The maximum absolute atomic E-state index is 12.9. The van der Waals surface area contributed by atoms with E-state index < -0.39 is 0 Å². The molecule has 1 unspecified atom stereocenters. The van der Waals surface area contributed by atoms with E-state index in [4.69, 9.17) is 9.84 Å². The Labute approximate surface area is 162 Å². The summed E-state index contributed by atoms with van der Waals surface area (Å²) < 4.78 is 9.25. The second kappa shape index (κ2) is 6.87. The minimum atomic E-state index is -0.0188. The summed E-state index contributed by atoms with van der Waals surface area (Å²) in [4.78, 5) is 14.8. The Bertz CT molecular complexity index is 1000. The van der Waals surface area contributed by atoms with Crippen molar-refractivity contribution >= 4 is 5.91 Å². The summed E-state index contributed by atoms with van der Waals surface area (Å²) in [5.41, 5.74) is 3.99. The molecule has 3 aromatic rings. The average molecular weight is 378 g/mol. The summed E-state index contributed by atoms with van der Waals surface area (Å²) in [6, 6.07) is 9.97. The zero-order valence-corrected chi connectivity index (χ0v) is 15.8. The first-order valence-electron chi connectivity index (χ1n) is 9.59. The third-order valence-electron chi connectivity index (χ3n) is 5.63. The molecule has 0 spiro atoms. The van der Waals surface area contributed by atoms with E-state index in [2.05, 4.69) is 10.2 Å². The highest BCUT2D eigenvalue weighted by Gasteiger charge is 2.33. The quantitative estimate of drug-likeness (QED) is 0.692. The molecule has 8 nitrogen and oxygen atoms in total. The molecular formula is C20H22N6O2. The van der Waals surface area contributed by atoms with Crippen molar-refractivity contribution < 1.29 is 9.53 Å². The number of aromatic nitrogens is 5. The van der Waals surface area contributed by atoms with Gasteiger partial charge >= 0.3 is 0 Å². The summed E-state index contributed by atoms with van der Waals surface area (Å²) >= 11 is 0. The zero-order chi connectivity index (χ0) is 19.1. The van der Waals surface area contributed by atoms with Gasteiger partial charge in [-0.3, -0.25) is 14.0 Å². The lowest BCUT2D eigenvalue weighted by atomic mass is 10.0. The molecule has 2 aliphatic heterocycles. The summed E-state index contributed by atoms with van der Waals surface area (Å²) in [5.74, 6) is 0.860. The number of nitrogens with zero attached hydrogens (tertiary/aromatic N) is 6. The van der Waals surface area contributed by atoms with E-state index in [0.717, 1.165) is 35.5 Å².